The summed E-state index contributed by atoms with van der Waals surface area (Å²) in [7, 11) is 1.87. The minimum absolute atomic E-state index is 0.140. The topological polar surface area (TPSA) is 81.9 Å². The van der Waals surface area contributed by atoms with Gasteiger partial charge in [0.2, 0.25) is 5.91 Å². The molecule has 2 heterocycles. The third-order valence-electron chi connectivity index (χ3n) is 5.00. The van der Waals surface area contributed by atoms with E-state index in [0.29, 0.717) is 16.1 Å². The quantitative estimate of drug-likeness (QED) is 0.340. The Morgan fingerprint density at radius 3 is 2.45 bits per heavy atom. The Morgan fingerprint density at radius 2 is 1.76 bits per heavy atom. The van der Waals surface area contributed by atoms with Gasteiger partial charge in [0, 0.05) is 18.0 Å². The summed E-state index contributed by atoms with van der Waals surface area (Å²) < 4.78 is 7.84. The highest BCUT2D eigenvalue weighted by Gasteiger charge is 2.18. The highest BCUT2D eigenvalue weighted by Crippen LogP contribution is 2.26. The average molecular weight is 480 g/mol. The molecule has 1 amide bonds. The smallest absolute Gasteiger partial charge is 0.236 e. The fourth-order valence-corrected chi connectivity index (χ4v) is 4.61. The summed E-state index contributed by atoms with van der Waals surface area (Å²) in [5.41, 5.74) is 4.25. The number of ether oxygens (including phenoxy) is 1. The molecular weight excluding hydrogens is 454 g/mol. The lowest BCUT2D eigenvalue weighted by atomic mass is 10.1. The number of nitrogens with one attached hydrogen (secondary N) is 1. The number of benzene rings is 2. The second kappa shape index (κ2) is 10.2. The summed E-state index contributed by atoms with van der Waals surface area (Å²) in [6.07, 6.45) is -0.274. The van der Waals surface area contributed by atoms with Crippen molar-refractivity contribution in [2.75, 3.05) is 11.1 Å². The molecule has 0 spiro atoms. The second-order valence-electron chi connectivity index (χ2n) is 7.71. The number of amides is 1. The number of hydrogen-bond acceptors (Lipinski definition) is 7. The molecule has 2 aromatic carbocycles. The van der Waals surface area contributed by atoms with Gasteiger partial charge in [0.25, 0.3) is 0 Å². The third kappa shape index (κ3) is 5.80. The molecular formula is C24H25N5O2S2. The summed E-state index contributed by atoms with van der Waals surface area (Å²) in [6.45, 7) is 6.01. The van der Waals surface area contributed by atoms with Gasteiger partial charge in [-0.1, -0.05) is 59.3 Å². The Kier molecular flexibility index (Phi) is 7.10. The van der Waals surface area contributed by atoms with Crippen LogP contribution in [0.2, 0.25) is 0 Å². The van der Waals surface area contributed by atoms with E-state index in [-0.39, 0.29) is 17.8 Å². The lowest BCUT2D eigenvalue weighted by molar-refractivity contribution is -0.113. The van der Waals surface area contributed by atoms with Crippen molar-refractivity contribution in [3.8, 4) is 17.0 Å². The lowest BCUT2D eigenvalue weighted by Crippen LogP contribution is -2.14. The average Bonchev–Trinajstić information content (AvgIpc) is 3.41. The zero-order valence-corrected chi connectivity index (χ0v) is 20.5. The summed E-state index contributed by atoms with van der Waals surface area (Å²) in [5.74, 6) is 1.54. The molecule has 0 bridgehead atoms. The van der Waals surface area contributed by atoms with Crippen LogP contribution < -0.4 is 10.1 Å². The van der Waals surface area contributed by atoms with Crippen molar-refractivity contribution in [1.29, 1.82) is 0 Å². The Labute approximate surface area is 201 Å². The molecule has 7 nitrogen and oxygen atoms in total. The molecule has 0 radical (unpaired) electrons. The van der Waals surface area contributed by atoms with Crippen molar-refractivity contribution < 1.29 is 9.53 Å². The lowest BCUT2D eigenvalue weighted by Gasteiger charge is -2.14. The van der Waals surface area contributed by atoms with Gasteiger partial charge in [-0.05, 0) is 32.9 Å². The van der Waals surface area contributed by atoms with E-state index in [4.69, 9.17) is 4.74 Å². The maximum Gasteiger partial charge on any atom is 0.236 e. The van der Waals surface area contributed by atoms with E-state index in [1.807, 2.05) is 86.3 Å². The minimum atomic E-state index is -0.274. The highest BCUT2D eigenvalue weighted by atomic mass is 32.2. The van der Waals surface area contributed by atoms with Gasteiger partial charge in [-0.2, -0.15) is 0 Å². The molecule has 0 aliphatic heterocycles. The van der Waals surface area contributed by atoms with Gasteiger partial charge in [0.05, 0.1) is 11.4 Å². The largest absolute Gasteiger partial charge is 0.483 e. The standard InChI is InChI=1S/C24H25N5O2S2/c1-15-5-9-18(10-6-15)20-13-32-23(25-20)26-21(30)14-33-24-28-27-22(29(24)4)17(3)31-19-11-7-16(2)8-12-19/h5-13,17H,14H2,1-4H3,(H,25,26,30). The molecule has 1 unspecified atom stereocenters. The van der Waals surface area contributed by atoms with Gasteiger partial charge in [-0.3, -0.25) is 4.79 Å². The first-order valence-electron chi connectivity index (χ1n) is 10.5. The van der Waals surface area contributed by atoms with Crippen LogP contribution in [0.25, 0.3) is 11.3 Å². The van der Waals surface area contributed by atoms with Gasteiger partial charge in [0.15, 0.2) is 22.2 Å². The first-order valence-corrected chi connectivity index (χ1v) is 12.3. The number of thioether (sulfide) groups is 1. The third-order valence-corrected chi connectivity index (χ3v) is 6.77. The summed E-state index contributed by atoms with van der Waals surface area (Å²) in [4.78, 5) is 17.0. The Hall–Kier alpha value is -3.17. The zero-order valence-electron chi connectivity index (χ0n) is 18.9. The number of aromatic nitrogens is 4. The van der Waals surface area contributed by atoms with E-state index in [1.165, 1.54) is 34.2 Å². The first kappa shape index (κ1) is 23.0. The van der Waals surface area contributed by atoms with Crippen molar-refractivity contribution in [2.24, 2.45) is 7.05 Å². The summed E-state index contributed by atoms with van der Waals surface area (Å²) in [6, 6.07) is 16.0. The van der Waals surface area contributed by atoms with Crippen LogP contribution in [0.4, 0.5) is 5.13 Å². The van der Waals surface area contributed by atoms with Crippen LogP contribution in [0.5, 0.6) is 5.75 Å². The van der Waals surface area contributed by atoms with Crippen LogP contribution in [0, 0.1) is 13.8 Å². The number of rotatable bonds is 8. The number of anilines is 1. The molecule has 4 rings (SSSR count). The number of thiazole rings is 1. The van der Waals surface area contributed by atoms with Crippen molar-refractivity contribution in [3.05, 3.63) is 70.9 Å². The fraction of sp³-hybridized carbons (Fsp3) is 0.250. The van der Waals surface area contributed by atoms with E-state index in [2.05, 4.69) is 20.5 Å². The van der Waals surface area contributed by atoms with Crippen molar-refractivity contribution in [3.63, 3.8) is 0 Å². The number of hydrogen-bond donors (Lipinski definition) is 1. The van der Waals surface area contributed by atoms with E-state index < -0.39 is 0 Å². The number of aryl methyl sites for hydroxylation is 2. The fourth-order valence-electron chi connectivity index (χ4n) is 3.15. The maximum absolute atomic E-state index is 12.4. The molecule has 170 valence electrons. The van der Waals surface area contributed by atoms with Crippen LogP contribution >= 0.6 is 23.1 Å². The number of nitrogens with zero attached hydrogens (tertiary/aromatic N) is 4. The van der Waals surface area contributed by atoms with E-state index in [0.717, 1.165) is 17.0 Å². The summed E-state index contributed by atoms with van der Waals surface area (Å²) >= 11 is 2.73. The molecule has 33 heavy (non-hydrogen) atoms. The Bertz CT molecular complexity index is 1230. The van der Waals surface area contributed by atoms with Crippen LogP contribution in [0.1, 0.15) is 30.0 Å². The Balaban J connectivity index is 1.32. The molecule has 0 fully saturated rings. The van der Waals surface area contributed by atoms with E-state index >= 15 is 0 Å². The molecule has 9 heteroatoms. The molecule has 0 saturated heterocycles. The van der Waals surface area contributed by atoms with E-state index in [1.54, 1.807) is 0 Å². The summed E-state index contributed by atoms with van der Waals surface area (Å²) in [5, 5.41) is 14.5. The van der Waals surface area contributed by atoms with Crippen molar-refractivity contribution in [2.45, 2.75) is 32.0 Å². The van der Waals surface area contributed by atoms with E-state index in [9.17, 15) is 4.79 Å². The van der Waals surface area contributed by atoms with Crippen molar-refractivity contribution in [1.82, 2.24) is 19.7 Å². The maximum atomic E-state index is 12.4. The van der Waals surface area contributed by atoms with Crippen molar-refractivity contribution >= 4 is 34.1 Å². The minimum Gasteiger partial charge on any atom is -0.483 e. The van der Waals surface area contributed by atoms with Gasteiger partial charge >= 0.3 is 0 Å². The molecule has 2 aromatic heterocycles. The van der Waals surface area contributed by atoms with Gasteiger partial charge < -0.3 is 14.6 Å². The van der Waals surface area contributed by atoms with Gasteiger partial charge in [0.1, 0.15) is 5.75 Å². The highest BCUT2D eigenvalue weighted by molar-refractivity contribution is 7.99. The monoisotopic (exact) mass is 479 g/mol. The SMILES string of the molecule is Cc1ccc(OC(C)c2nnc(SCC(=O)Nc3nc(-c4ccc(C)cc4)cs3)n2C)cc1. The second-order valence-corrected chi connectivity index (χ2v) is 9.51. The molecule has 0 saturated carbocycles. The molecule has 1 N–H and O–H groups in total. The molecule has 4 aromatic rings. The predicted molar refractivity (Wildman–Crippen MR) is 133 cm³/mol. The van der Waals surface area contributed by atoms with Gasteiger partial charge in [-0.15, -0.1) is 21.5 Å². The number of carbonyl (C=O) groups is 1. The zero-order chi connectivity index (χ0) is 23.4. The van der Waals surface area contributed by atoms with Gasteiger partial charge in [-0.25, -0.2) is 4.98 Å². The normalized spacial score (nSPS) is 11.9. The van der Waals surface area contributed by atoms with Crippen LogP contribution in [-0.4, -0.2) is 31.4 Å². The van der Waals surface area contributed by atoms with Crippen LogP contribution in [0.3, 0.4) is 0 Å². The molecule has 1 atom stereocenters. The van der Waals surface area contributed by atoms with Crippen LogP contribution in [0.15, 0.2) is 59.1 Å². The Morgan fingerprint density at radius 1 is 1.09 bits per heavy atom. The predicted octanol–water partition coefficient (Wildman–Crippen LogP) is 5.43. The molecule has 0 aliphatic rings. The number of carbonyl (C=O) groups excluding carboxylic acids is 1. The first-order chi connectivity index (χ1) is 15.9. The molecule has 0 aliphatic carbocycles. The van der Waals surface area contributed by atoms with Crippen LogP contribution in [-0.2, 0) is 11.8 Å².